The van der Waals surface area contributed by atoms with Gasteiger partial charge in [-0.1, -0.05) is 20.8 Å². The Morgan fingerprint density at radius 2 is 1.70 bits per heavy atom. The number of carbonyl (C=O) groups is 3. The summed E-state index contributed by atoms with van der Waals surface area (Å²) < 4.78 is 22.5. The fourth-order valence-corrected chi connectivity index (χ4v) is 8.12. The Morgan fingerprint density at radius 1 is 1.03 bits per heavy atom. The molecule has 6 rings (SSSR count). The van der Waals surface area contributed by atoms with Crippen molar-refractivity contribution in [2.24, 2.45) is 28.1 Å². The van der Waals surface area contributed by atoms with Gasteiger partial charge in [0.25, 0.3) is 0 Å². The molecule has 0 radical (unpaired) electrons. The van der Waals surface area contributed by atoms with Crippen molar-refractivity contribution >= 4 is 17.9 Å². The molecule has 164 valence electrons. The molecule has 10 heteroatoms. The van der Waals surface area contributed by atoms with E-state index < -0.39 is 87.9 Å². The molecule has 30 heavy (non-hydrogen) atoms. The number of fused-ring (bicyclic) bond motifs is 1. The second-order valence-electron chi connectivity index (χ2n) is 10.7. The van der Waals surface area contributed by atoms with Gasteiger partial charge in [0, 0.05) is 0 Å². The number of rotatable bonds is 0. The molecular weight excluding hydrogens is 400 g/mol. The topological polar surface area (TPSA) is 149 Å². The normalized spacial score (nSPS) is 60.1. The lowest BCUT2D eigenvalue weighted by atomic mass is 9.51. The first-order valence-corrected chi connectivity index (χ1v) is 10.2. The molecule has 4 aliphatic heterocycles. The van der Waals surface area contributed by atoms with E-state index in [1.807, 2.05) is 20.8 Å². The van der Waals surface area contributed by atoms with Crippen molar-refractivity contribution < 1.29 is 48.7 Å². The molecular formula is C20H24O10. The van der Waals surface area contributed by atoms with Crippen LogP contribution >= 0.6 is 0 Å². The molecule has 2 spiro atoms. The molecule has 6 aliphatic rings. The van der Waals surface area contributed by atoms with Crippen molar-refractivity contribution in [3.05, 3.63) is 0 Å². The highest BCUT2D eigenvalue weighted by molar-refractivity contribution is 5.94. The molecule has 0 aromatic heterocycles. The van der Waals surface area contributed by atoms with Crippen molar-refractivity contribution in [1.29, 1.82) is 0 Å². The average Bonchev–Trinajstić information content (AvgIpc) is 3.35. The summed E-state index contributed by atoms with van der Waals surface area (Å²) in [5.74, 6) is -4.32. The minimum Gasteiger partial charge on any atom is -0.459 e. The third kappa shape index (κ3) is 1.33. The summed E-state index contributed by atoms with van der Waals surface area (Å²) in [4.78, 5) is 38.2. The summed E-state index contributed by atoms with van der Waals surface area (Å²) in [5.41, 5.74) is -8.26. The summed E-state index contributed by atoms with van der Waals surface area (Å²) in [6.45, 7) is 7.14. The van der Waals surface area contributed by atoms with Gasteiger partial charge in [-0.2, -0.15) is 0 Å². The van der Waals surface area contributed by atoms with Crippen LogP contribution in [0.3, 0.4) is 0 Å². The van der Waals surface area contributed by atoms with Crippen LogP contribution < -0.4 is 0 Å². The van der Waals surface area contributed by atoms with Gasteiger partial charge in [0.05, 0.1) is 16.7 Å². The number of esters is 3. The first-order valence-electron chi connectivity index (χ1n) is 10.2. The second-order valence-corrected chi connectivity index (χ2v) is 10.7. The zero-order chi connectivity index (χ0) is 21.8. The van der Waals surface area contributed by atoms with Gasteiger partial charge in [0.15, 0.2) is 17.8 Å². The Hall–Kier alpha value is -1.75. The number of hydrogen-bond donors (Lipinski definition) is 3. The van der Waals surface area contributed by atoms with Crippen molar-refractivity contribution in [1.82, 2.24) is 0 Å². The van der Waals surface area contributed by atoms with E-state index >= 15 is 0 Å². The van der Waals surface area contributed by atoms with E-state index in [9.17, 15) is 29.7 Å². The first-order chi connectivity index (χ1) is 13.8. The molecule has 2 unspecified atom stereocenters. The van der Waals surface area contributed by atoms with E-state index in [0.29, 0.717) is 0 Å². The third-order valence-corrected chi connectivity index (χ3v) is 9.00. The maximum Gasteiger partial charge on any atom is 0.343 e. The van der Waals surface area contributed by atoms with Crippen molar-refractivity contribution in [3.8, 4) is 0 Å². The highest BCUT2D eigenvalue weighted by Gasteiger charge is 3.03. The quantitative estimate of drug-likeness (QED) is 0.314. The number of ether oxygens (including phenoxy) is 4. The Labute approximate surface area is 171 Å². The Morgan fingerprint density at radius 3 is 2.33 bits per heavy atom. The van der Waals surface area contributed by atoms with Crippen LogP contribution in [0.15, 0.2) is 0 Å². The number of aliphatic hydroxyl groups excluding tert-OH is 2. The SMILES string of the molecule is C[C@@H]1C(=O)O[C@H]2[C@H](O)C34[C@H]5C[C@@H](C(C)(C)C)C36[C@@H](OC(=O)[C@@H]6O)O[C@]4(C(=O)O5)[C@@]12O. The number of carbonyl (C=O) groups excluding carboxylic acids is 3. The fourth-order valence-electron chi connectivity index (χ4n) is 8.12. The summed E-state index contributed by atoms with van der Waals surface area (Å²) >= 11 is 0. The molecule has 11 atom stereocenters. The smallest absolute Gasteiger partial charge is 0.343 e. The Kier molecular flexibility index (Phi) is 2.97. The van der Waals surface area contributed by atoms with Crippen LogP contribution in [-0.2, 0) is 33.3 Å². The lowest BCUT2D eigenvalue weighted by molar-refractivity contribution is -0.239. The predicted molar refractivity (Wildman–Crippen MR) is 92.0 cm³/mol. The zero-order valence-corrected chi connectivity index (χ0v) is 16.9. The van der Waals surface area contributed by atoms with Crippen LogP contribution in [-0.4, -0.2) is 75.1 Å². The molecule has 6 fully saturated rings. The molecule has 4 saturated heterocycles. The zero-order valence-electron chi connectivity index (χ0n) is 16.9. The Balaban J connectivity index is 1.72. The molecule has 0 bridgehead atoms. The van der Waals surface area contributed by atoms with Gasteiger partial charge in [0.1, 0.15) is 12.2 Å². The highest BCUT2D eigenvalue weighted by Crippen LogP contribution is 2.84. The van der Waals surface area contributed by atoms with Crippen LogP contribution in [0.4, 0.5) is 0 Å². The monoisotopic (exact) mass is 424 g/mol. The molecule has 4 heterocycles. The Bertz CT molecular complexity index is 925. The van der Waals surface area contributed by atoms with Gasteiger partial charge in [-0.25, -0.2) is 9.59 Å². The first kappa shape index (κ1) is 19.0. The van der Waals surface area contributed by atoms with Crippen molar-refractivity contribution in [3.63, 3.8) is 0 Å². The molecule has 3 N–H and O–H groups in total. The van der Waals surface area contributed by atoms with Crippen LogP contribution in [0.25, 0.3) is 0 Å². The van der Waals surface area contributed by atoms with Gasteiger partial charge in [-0.15, -0.1) is 0 Å². The summed E-state index contributed by atoms with van der Waals surface area (Å²) in [7, 11) is 0. The van der Waals surface area contributed by atoms with E-state index in [1.54, 1.807) is 0 Å². The maximum absolute atomic E-state index is 13.4. The van der Waals surface area contributed by atoms with Gasteiger partial charge < -0.3 is 34.3 Å². The maximum atomic E-state index is 13.4. The molecule has 2 aliphatic carbocycles. The minimum atomic E-state index is -2.24. The molecule has 0 aromatic rings. The van der Waals surface area contributed by atoms with E-state index in [1.165, 1.54) is 6.92 Å². The molecule has 0 amide bonds. The molecule has 0 aromatic carbocycles. The van der Waals surface area contributed by atoms with Gasteiger partial charge in [0.2, 0.25) is 11.9 Å². The standard InChI is InChI=1S/C20H24O10/c1-6-12(23)28-11-9(21)18-8-5-7(16(2,3)4)17(18)10(22)13(24)29-15(17)30-20(18,14(25)27-8)19(6,11)26/h6-11,15,21-22,26H,5H2,1-4H3/t6-,7+,8-,9+,10+,11+,15+,17?,18?,19-,20+/m1/s1. The third-order valence-electron chi connectivity index (χ3n) is 9.00. The number of hydrogen-bond acceptors (Lipinski definition) is 10. The molecule has 10 nitrogen and oxygen atoms in total. The fraction of sp³-hybridized carbons (Fsp3) is 0.850. The van der Waals surface area contributed by atoms with E-state index in [4.69, 9.17) is 18.9 Å². The van der Waals surface area contributed by atoms with Gasteiger partial charge in [-0.05, 0) is 24.7 Å². The largest absolute Gasteiger partial charge is 0.459 e. The van der Waals surface area contributed by atoms with Crippen LogP contribution in [0, 0.1) is 28.1 Å². The van der Waals surface area contributed by atoms with Crippen LogP contribution in [0.5, 0.6) is 0 Å². The number of aliphatic hydroxyl groups is 3. The highest BCUT2D eigenvalue weighted by atomic mass is 16.8. The van der Waals surface area contributed by atoms with E-state index in [-0.39, 0.29) is 6.42 Å². The average molecular weight is 424 g/mol. The lowest BCUT2D eigenvalue weighted by Gasteiger charge is -2.47. The molecule has 2 saturated carbocycles. The van der Waals surface area contributed by atoms with Gasteiger partial charge in [-0.3, -0.25) is 4.79 Å². The second kappa shape index (κ2) is 4.69. The van der Waals surface area contributed by atoms with E-state index in [2.05, 4.69) is 0 Å². The van der Waals surface area contributed by atoms with Crippen LogP contribution in [0.1, 0.15) is 34.1 Å². The van der Waals surface area contributed by atoms with Crippen molar-refractivity contribution in [2.45, 2.75) is 76.0 Å². The van der Waals surface area contributed by atoms with E-state index in [0.717, 1.165) is 0 Å². The summed E-state index contributed by atoms with van der Waals surface area (Å²) in [6.07, 6.45) is -6.91. The lowest BCUT2D eigenvalue weighted by Crippen LogP contribution is -2.67. The predicted octanol–water partition coefficient (Wildman–Crippen LogP) is -1.37. The summed E-state index contributed by atoms with van der Waals surface area (Å²) in [5, 5.41) is 34.7. The van der Waals surface area contributed by atoms with Crippen molar-refractivity contribution in [2.75, 3.05) is 0 Å². The van der Waals surface area contributed by atoms with Crippen LogP contribution in [0.2, 0.25) is 0 Å². The van der Waals surface area contributed by atoms with Gasteiger partial charge >= 0.3 is 17.9 Å². The minimum absolute atomic E-state index is 0.229. The summed E-state index contributed by atoms with van der Waals surface area (Å²) in [6, 6.07) is 0.